The van der Waals surface area contributed by atoms with E-state index in [4.69, 9.17) is 4.74 Å². The first-order valence-electron chi connectivity index (χ1n) is 8.09. The molecule has 0 bridgehead atoms. The first kappa shape index (κ1) is 17.0. The molecule has 0 spiro atoms. The van der Waals surface area contributed by atoms with Crippen LogP contribution in [0, 0.1) is 5.92 Å². The van der Waals surface area contributed by atoms with E-state index >= 15 is 0 Å². The van der Waals surface area contributed by atoms with Gasteiger partial charge in [-0.2, -0.15) is 0 Å². The molecule has 0 saturated carbocycles. The third-order valence-electron chi connectivity index (χ3n) is 4.08. The van der Waals surface area contributed by atoms with Gasteiger partial charge in [-0.05, 0) is 44.3 Å². The summed E-state index contributed by atoms with van der Waals surface area (Å²) < 4.78 is 5.42. The molecular weight excluding hydrogens is 320 g/mol. The maximum Gasteiger partial charge on any atom is 0.121 e. The van der Waals surface area contributed by atoms with Crippen molar-refractivity contribution in [3.63, 3.8) is 0 Å². The van der Waals surface area contributed by atoms with Gasteiger partial charge in [0.1, 0.15) is 11.5 Å². The van der Waals surface area contributed by atoms with Crippen LogP contribution in [0.2, 0.25) is 0 Å². The Labute approximate surface area is 148 Å². The Balaban J connectivity index is 2.02. The van der Waals surface area contributed by atoms with Crippen molar-refractivity contribution in [1.82, 2.24) is 4.90 Å². The van der Waals surface area contributed by atoms with Gasteiger partial charge in [0.2, 0.25) is 0 Å². The van der Waals surface area contributed by atoms with Gasteiger partial charge in [-0.25, -0.2) is 0 Å². The number of aromatic hydroxyl groups is 1. The zero-order valence-corrected chi connectivity index (χ0v) is 15.4. The summed E-state index contributed by atoms with van der Waals surface area (Å²) in [5, 5.41) is 9.97. The molecule has 0 radical (unpaired) electrons. The largest absolute Gasteiger partial charge is 0.508 e. The van der Waals surface area contributed by atoms with Gasteiger partial charge in [0, 0.05) is 35.0 Å². The number of phenolic OH excluding ortho intramolecular Hbond substituents is 1. The second-order valence-electron chi connectivity index (χ2n) is 6.57. The van der Waals surface area contributed by atoms with E-state index in [1.165, 1.54) is 9.79 Å². The van der Waals surface area contributed by atoms with Crippen LogP contribution >= 0.6 is 11.8 Å². The molecule has 24 heavy (non-hydrogen) atoms. The van der Waals surface area contributed by atoms with Crippen molar-refractivity contribution in [3.8, 4) is 11.5 Å². The first-order valence-corrected chi connectivity index (χ1v) is 8.90. The number of rotatable bonds is 5. The van der Waals surface area contributed by atoms with E-state index in [1.807, 2.05) is 18.2 Å². The number of phenols is 1. The summed E-state index contributed by atoms with van der Waals surface area (Å²) in [6.45, 7) is 4.15. The molecule has 2 aromatic carbocycles. The number of hydrogen-bond acceptors (Lipinski definition) is 5. The van der Waals surface area contributed by atoms with Gasteiger partial charge in [0.15, 0.2) is 0 Å². The zero-order valence-electron chi connectivity index (χ0n) is 14.6. The number of fused-ring (bicyclic) bond motifs is 2. The topological polar surface area (TPSA) is 35.9 Å². The molecule has 128 valence electrons. The SMILES string of the molecule is COc1ccc2c(c1)N(C[C@H](C)CN(C)C)c1cc(O)ccc1S2. The minimum absolute atomic E-state index is 0.297. The van der Waals surface area contributed by atoms with Crippen LogP contribution < -0.4 is 9.64 Å². The number of hydrogen-bond donors (Lipinski definition) is 1. The number of nitrogens with zero attached hydrogens (tertiary/aromatic N) is 2. The quantitative estimate of drug-likeness (QED) is 0.879. The van der Waals surface area contributed by atoms with Gasteiger partial charge in [-0.15, -0.1) is 0 Å². The van der Waals surface area contributed by atoms with Crippen LogP contribution in [0.5, 0.6) is 11.5 Å². The Kier molecular flexibility index (Phi) is 4.92. The molecule has 0 aromatic heterocycles. The van der Waals surface area contributed by atoms with Crippen LogP contribution in [0.15, 0.2) is 46.2 Å². The van der Waals surface area contributed by atoms with Gasteiger partial charge >= 0.3 is 0 Å². The van der Waals surface area contributed by atoms with Crippen LogP contribution in [-0.2, 0) is 0 Å². The Hall–Kier alpha value is -1.85. The van der Waals surface area contributed by atoms with Crippen LogP contribution in [0.1, 0.15) is 6.92 Å². The van der Waals surface area contributed by atoms with Crippen molar-refractivity contribution in [2.75, 3.05) is 39.2 Å². The van der Waals surface area contributed by atoms with Gasteiger partial charge in [0.05, 0.1) is 18.5 Å². The Bertz CT molecular complexity index is 733. The summed E-state index contributed by atoms with van der Waals surface area (Å²) in [6.07, 6.45) is 0. The van der Waals surface area contributed by atoms with E-state index in [9.17, 15) is 5.11 Å². The lowest BCUT2D eigenvalue weighted by atomic mass is 10.1. The molecule has 0 aliphatic carbocycles. The average Bonchev–Trinajstić information content (AvgIpc) is 2.54. The normalized spacial score (nSPS) is 14.3. The predicted octanol–water partition coefficient (Wildman–Crippen LogP) is 4.20. The molecule has 1 aliphatic heterocycles. The number of ether oxygens (including phenoxy) is 1. The number of anilines is 2. The van der Waals surface area contributed by atoms with E-state index in [-0.39, 0.29) is 0 Å². The van der Waals surface area contributed by atoms with Gasteiger partial charge in [0.25, 0.3) is 0 Å². The molecular formula is C19H24N2O2S. The van der Waals surface area contributed by atoms with Crippen molar-refractivity contribution < 1.29 is 9.84 Å². The lowest BCUT2D eigenvalue weighted by Crippen LogP contribution is -2.31. The second kappa shape index (κ2) is 6.95. The molecule has 2 aromatic rings. The minimum atomic E-state index is 0.297. The summed E-state index contributed by atoms with van der Waals surface area (Å²) in [6, 6.07) is 11.8. The highest BCUT2D eigenvalue weighted by Gasteiger charge is 2.25. The van der Waals surface area contributed by atoms with Crippen molar-refractivity contribution in [1.29, 1.82) is 0 Å². The van der Waals surface area contributed by atoms with Crippen LogP contribution in [0.25, 0.3) is 0 Å². The molecule has 1 heterocycles. The predicted molar refractivity (Wildman–Crippen MR) is 99.9 cm³/mol. The van der Waals surface area contributed by atoms with Crippen LogP contribution in [0.4, 0.5) is 11.4 Å². The Morgan fingerprint density at radius 1 is 1.12 bits per heavy atom. The summed E-state index contributed by atoms with van der Waals surface area (Å²) >= 11 is 1.74. The fraction of sp³-hybridized carbons (Fsp3) is 0.368. The van der Waals surface area contributed by atoms with E-state index in [0.29, 0.717) is 11.7 Å². The number of methoxy groups -OCH3 is 1. The summed E-state index contributed by atoms with van der Waals surface area (Å²) in [4.78, 5) is 6.89. The second-order valence-corrected chi connectivity index (χ2v) is 7.65. The Morgan fingerprint density at radius 2 is 1.79 bits per heavy atom. The molecule has 1 aliphatic rings. The number of benzene rings is 2. The van der Waals surface area contributed by atoms with Crippen molar-refractivity contribution in [2.24, 2.45) is 5.92 Å². The molecule has 0 unspecified atom stereocenters. The molecule has 4 nitrogen and oxygen atoms in total. The molecule has 1 atom stereocenters. The van der Waals surface area contributed by atoms with Crippen molar-refractivity contribution in [3.05, 3.63) is 36.4 Å². The first-order chi connectivity index (χ1) is 11.5. The highest BCUT2D eigenvalue weighted by atomic mass is 32.2. The Morgan fingerprint density at radius 3 is 2.46 bits per heavy atom. The van der Waals surface area contributed by atoms with Gasteiger partial charge in [-0.3, -0.25) is 0 Å². The summed E-state index contributed by atoms with van der Waals surface area (Å²) in [7, 11) is 5.88. The molecule has 0 amide bonds. The fourth-order valence-corrected chi connectivity index (χ4v) is 4.22. The summed E-state index contributed by atoms with van der Waals surface area (Å²) in [5.41, 5.74) is 2.20. The minimum Gasteiger partial charge on any atom is -0.508 e. The van der Waals surface area contributed by atoms with Crippen LogP contribution in [0.3, 0.4) is 0 Å². The molecule has 1 N–H and O–H groups in total. The third kappa shape index (κ3) is 3.47. The van der Waals surface area contributed by atoms with E-state index in [0.717, 1.165) is 30.2 Å². The average molecular weight is 344 g/mol. The van der Waals surface area contributed by atoms with E-state index in [2.05, 4.69) is 43.0 Å². The monoisotopic (exact) mass is 344 g/mol. The van der Waals surface area contributed by atoms with Crippen LogP contribution in [-0.4, -0.2) is 44.3 Å². The molecule has 3 rings (SSSR count). The van der Waals surface area contributed by atoms with Gasteiger partial charge in [-0.1, -0.05) is 18.7 Å². The van der Waals surface area contributed by atoms with Crippen molar-refractivity contribution in [2.45, 2.75) is 16.7 Å². The highest BCUT2D eigenvalue weighted by Crippen LogP contribution is 2.50. The zero-order chi connectivity index (χ0) is 17.3. The molecule has 0 fully saturated rings. The third-order valence-corrected chi connectivity index (χ3v) is 5.21. The smallest absolute Gasteiger partial charge is 0.121 e. The fourth-order valence-electron chi connectivity index (χ4n) is 3.16. The standard InChI is InChI=1S/C19H24N2O2S/c1-13(11-20(2)3)12-21-16-9-14(22)5-7-18(16)24-19-8-6-15(23-4)10-17(19)21/h5-10,13,22H,11-12H2,1-4H3/t13-/m1/s1. The van der Waals surface area contributed by atoms with Gasteiger partial charge < -0.3 is 19.6 Å². The van der Waals surface area contributed by atoms with E-state index in [1.54, 1.807) is 24.9 Å². The maximum absolute atomic E-state index is 9.97. The lowest BCUT2D eigenvalue weighted by molar-refractivity contribution is 0.342. The molecule has 5 heteroatoms. The molecule has 0 saturated heterocycles. The van der Waals surface area contributed by atoms with E-state index < -0.39 is 0 Å². The maximum atomic E-state index is 9.97. The highest BCUT2D eigenvalue weighted by molar-refractivity contribution is 7.99. The van der Waals surface area contributed by atoms with Crippen molar-refractivity contribution >= 4 is 23.1 Å². The summed E-state index contributed by atoms with van der Waals surface area (Å²) in [5.74, 6) is 1.63. The lowest BCUT2D eigenvalue weighted by Gasteiger charge is -2.35.